The van der Waals surface area contributed by atoms with Gasteiger partial charge in [0.25, 0.3) is 0 Å². The summed E-state index contributed by atoms with van der Waals surface area (Å²) in [5.74, 6) is 0.550. The van der Waals surface area contributed by atoms with E-state index in [-0.39, 0.29) is 74.7 Å². The summed E-state index contributed by atoms with van der Waals surface area (Å²) in [6, 6.07) is 24.6. The van der Waals surface area contributed by atoms with Gasteiger partial charge in [-0.2, -0.15) is 0 Å². The molecule has 0 aliphatic heterocycles. The molecule has 10 nitrogen and oxygen atoms in total. The fourth-order valence-corrected chi connectivity index (χ4v) is 19.7. The minimum Gasteiger partial charge on any atom is -0.508 e. The maximum absolute atomic E-state index is 14.2. The highest BCUT2D eigenvalue weighted by molar-refractivity contribution is 6.02. The van der Waals surface area contributed by atoms with Gasteiger partial charge in [-0.15, -0.1) is 0 Å². The number of carbonyl (C=O) groups is 4. The van der Waals surface area contributed by atoms with Gasteiger partial charge in [0.2, 0.25) is 23.6 Å². The summed E-state index contributed by atoms with van der Waals surface area (Å²) in [4.78, 5) is 56.8. The third-order valence-corrected chi connectivity index (χ3v) is 24.0. The zero-order chi connectivity index (χ0) is 55.6. The van der Waals surface area contributed by atoms with Crippen molar-refractivity contribution in [2.75, 3.05) is 17.2 Å². The molecule has 0 bridgehead atoms. The summed E-state index contributed by atoms with van der Waals surface area (Å²) in [5.41, 5.74) is 28.5. The van der Waals surface area contributed by atoms with E-state index in [1.807, 2.05) is 30.3 Å². The van der Waals surface area contributed by atoms with Gasteiger partial charge in [0.05, 0.1) is 21.7 Å². The standard InChI is InChI=1S/C34H45N3O2.C34H44N2O3/c1-31-15-5-17-33(3,27(31)13-9-21-7-11-23(35)19-25(21)31)29(38)37-30(39)34(4)18-6-16-32(2)26-20-24(36)12-8-22(26)10-14-28(32)34;1-31-15-5-17-33(3,27(31)13-9-21-7-11-23(35)19-25(21)31)29(38)36-30(39)34(4)18-6-16-32(2)26-20-24(37)12-8-22(26)10-14-28(32)34/h7-8,11-12,19-20,27-28H,5-6,9-10,13-18,35-36H2,1-4H3,(H,37,38,39);7-8,11-12,19-20,27-28,37H,5-6,9-10,13-18,35H2,1-4H3,(H,36,38,39)/t2*27-,28-,31-,32-,33+,34+/m11/s1. The normalized spacial score (nSPS) is 37.0. The van der Waals surface area contributed by atoms with Crippen LogP contribution in [0.5, 0.6) is 5.75 Å². The van der Waals surface area contributed by atoms with E-state index in [1.54, 1.807) is 6.07 Å². The molecule has 0 heterocycles. The Bertz CT molecular complexity index is 2710. The number of amides is 4. The number of hydrogen-bond acceptors (Lipinski definition) is 8. The molecule has 0 aromatic heterocycles. The predicted molar refractivity (Wildman–Crippen MR) is 311 cm³/mol. The Morgan fingerprint density at radius 2 is 0.628 bits per heavy atom. The second kappa shape index (κ2) is 19.0. The molecule has 12 atom stereocenters. The summed E-state index contributed by atoms with van der Waals surface area (Å²) < 4.78 is 0. The summed E-state index contributed by atoms with van der Waals surface area (Å²) >= 11 is 0. The van der Waals surface area contributed by atoms with Crippen molar-refractivity contribution in [1.29, 1.82) is 0 Å². The van der Waals surface area contributed by atoms with Gasteiger partial charge in [0, 0.05) is 17.1 Å². The zero-order valence-electron chi connectivity index (χ0n) is 48.2. The molecule has 416 valence electrons. The SMILES string of the molecule is C[C@]1(C(=O)NC(=O)[C@@]2(C)CCC[C@]3(C)c4cc(N)ccc4CC[C@@H]23)CCC[C@]2(C)c3cc(N)ccc3CC[C@@H]12.C[C@]1(C(=O)NC(=O)[C@@]2(C)CCC[C@]3(C)c4cc(O)ccc4CC[C@@H]23)CCC[C@]2(C)c3cc(N)ccc3CC[C@@H]12. The molecule has 4 aromatic rings. The van der Waals surface area contributed by atoms with Crippen LogP contribution in [-0.4, -0.2) is 28.7 Å². The van der Waals surface area contributed by atoms with Crippen LogP contribution in [0.3, 0.4) is 0 Å². The van der Waals surface area contributed by atoms with Crippen LogP contribution >= 0.6 is 0 Å². The smallest absolute Gasteiger partial charge is 0.232 e. The Balaban J connectivity index is 0.000000165. The van der Waals surface area contributed by atoms with Gasteiger partial charge >= 0.3 is 0 Å². The molecule has 4 amide bonds. The van der Waals surface area contributed by atoms with Crippen LogP contribution in [0, 0.1) is 45.3 Å². The van der Waals surface area contributed by atoms with Gasteiger partial charge in [-0.25, -0.2) is 0 Å². The quantitative estimate of drug-likeness (QED) is 0.0859. The van der Waals surface area contributed by atoms with Crippen LogP contribution in [0.25, 0.3) is 0 Å². The van der Waals surface area contributed by atoms with Gasteiger partial charge in [-0.1, -0.05) is 105 Å². The molecule has 8 aliphatic rings. The first-order valence-electron chi connectivity index (χ1n) is 30.0. The minimum absolute atomic E-state index is 0.0790. The van der Waals surface area contributed by atoms with Gasteiger partial charge in [-0.3, -0.25) is 29.8 Å². The van der Waals surface area contributed by atoms with Crippen molar-refractivity contribution < 1.29 is 24.3 Å². The molecule has 78 heavy (non-hydrogen) atoms. The Labute approximate surface area is 464 Å². The van der Waals surface area contributed by atoms with E-state index in [2.05, 4.69) is 102 Å². The third-order valence-electron chi connectivity index (χ3n) is 24.0. The number of rotatable bonds is 4. The number of nitrogens with two attached hydrogens (primary N) is 3. The van der Waals surface area contributed by atoms with Crippen LogP contribution in [0.1, 0.15) is 203 Å². The van der Waals surface area contributed by atoms with Crippen molar-refractivity contribution in [3.8, 4) is 5.75 Å². The maximum Gasteiger partial charge on any atom is 0.232 e. The summed E-state index contributed by atoms with van der Waals surface area (Å²) in [5, 5.41) is 16.3. The van der Waals surface area contributed by atoms with Crippen LogP contribution in [0.2, 0.25) is 0 Å². The van der Waals surface area contributed by atoms with Gasteiger partial charge in [-0.05, 0) is 241 Å². The Morgan fingerprint density at radius 1 is 0.385 bits per heavy atom. The predicted octanol–water partition coefficient (Wildman–Crippen LogP) is 12.6. The average Bonchev–Trinajstić information content (AvgIpc) is 3.41. The fraction of sp³-hybridized carbons (Fsp3) is 0.588. The molecule has 4 fully saturated rings. The molecule has 4 saturated carbocycles. The number of nitrogen functional groups attached to an aromatic ring is 3. The topological polar surface area (TPSA) is 191 Å². The third kappa shape index (κ3) is 8.27. The maximum atomic E-state index is 14.2. The van der Waals surface area contributed by atoms with Gasteiger partial charge in [0.15, 0.2) is 0 Å². The van der Waals surface area contributed by atoms with Crippen LogP contribution < -0.4 is 27.8 Å². The van der Waals surface area contributed by atoms with Crippen molar-refractivity contribution in [2.24, 2.45) is 45.3 Å². The largest absolute Gasteiger partial charge is 0.508 e. The van der Waals surface area contributed by atoms with Crippen molar-refractivity contribution >= 4 is 40.7 Å². The van der Waals surface area contributed by atoms with E-state index < -0.39 is 21.7 Å². The fourth-order valence-electron chi connectivity index (χ4n) is 19.7. The number of aromatic hydroxyl groups is 1. The summed E-state index contributed by atoms with van der Waals surface area (Å²) in [6.07, 6.45) is 18.7. The lowest BCUT2D eigenvalue weighted by Crippen LogP contribution is -2.60. The lowest BCUT2D eigenvalue weighted by molar-refractivity contribution is -0.151. The molecule has 10 heteroatoms. The highest BCUT2D eigenvalue weighted by Crippen LogP contribution is 2.62. The number of nitrogens with one attached hydrogen (secondary N) is 2. The monoisotopic (exact) mass is 1060 g/mol. The molecule has 8 aliphatic carbocycles. The number of benzene rings is 4. The lowest BCUT2D eigenvalue weighted by Gasteiger charge is -2.56. The number of hydrogen-bond donors (Lipinski definition) is 6. The number of aryl methyl sites for hydroxylation is 4. The van der Waals surface area contributed by atoms with E-state index in [9.17, 15) is 24.3 Å². The van der Waals surface area contributed by atoms with Crippen LogP contribution in [0.15, 0.2) is 72.8 Å². The number of phenols is 1. The number of anilines is 3. The van der Waals surface area contributed by atoms with E-state index in [0.717, 1.165) is 145 Å². The van der Waals surface area contributed by atoms with E-state index in [4.69, 9.17) is 17.2 Å². The second-order valence-corrected chi connectivity index (χ2v) is 28.3. The van der Waals surface area contributed by atoms with Crippen molar-refractivity contribution in [2.45, 2.75) is 205 Å². The van der Waals surface area contributed by atoms with E-state index in [1.165, 1.54) is 44.5 Å². The van der Waals surface area contributed by atoms with E-state index >= 15 is 0 Å². The molecule has 0 saturated heterocycles. The Kier molecular flexibility index (Phi) is 13.2. The van der Waals surface area contributed by atoms with Gasteiger partial charge < -0.3 is 22.3 Å². The second-order valence-electron chi connectivity index (χ2n) is 28.3. The summed E-state index contributed by atoms with van der Waals surface area (Å²) in [7, 11) is 0. The number of carbonyl (C=O) groups excluding carboxylic acids is 4. The van der Waals surface area contributed by atoms with Crippen molar-refractivity contribution in [3.05, 3.63) is 117 Å². The molecule has 0 radical (unpaired) electrons. The molecule has 0 spiro atoms. The summed E-state index contributed by atoms with van der Waals surface area (Å²) in [6.45, 7) is 17.6. The van der Waals surface area contributed by atoms with E-state index in [0.29, 0.717) is 0 Å². The minimum atomic E-state index is -0.631. The highest BCUT2D eigenvalue weighted by atomic mass is 16.3. The molecule has 12 rings (SSSR count). The molecule has 9 N–H and O–H groups in total. The first-order chi connectivity index (χ1) is 36.8. The van der Waals surface area contributed by atoms with Gasteiger partial charge in [0.1, 0.15) is 5.75 Å². The number of imide groups is 2. The molecular formula is C68H89N5O5. The Hall–Kier alpha value is -5.64. The molecular weight excluding hydrogens is 967 g/mol. The number of phenolic OH excluding ortho intramolecular Hbond substituents is 1. The first kappa shape index (κ1) is 54.3. The first-order valence-corrected chi connectivity index (χ1v) is 30.0. The molecule has 4 aromatic carbocycles. The van der Waals surface area contributed by atoms with Crippen LogP contribution in [0.4, 0.5) is 17.1 Å². The average molecular weight is 1060 g/mol. The Morgan fingerprint density at radius 3 is 0.897 bits per heavy atom. The molecule has 0 unspecified atom stereocenters. The highest BCUT2D eigenvalue weighted by Gasteiger charge is 2.61. The lowest BCUT2D eigenvalue weighted by atomic mass is 9.49. The van der Waals surface area contributed by atoms with Crippen molar-refractivity contribution in [3.63, 3.8) is 0 Å². The number of fused-ring (bicyclic) bond motifs is 12. The zero-order valence-corrected chi connectivity index (χ0v) is 48.2. The van der Waals surface area contributed by atoms with Crippen molar-refractivity contribution in [1.82, 2.24) is 10.6 Å². The van der Waals surface area contributed by atoms with Crippen LogP contribution in [-0.2, 0) is 66.5 Å².